The van der Waals surface area contributed by atoms with Gasteiger partial charge in [-0.2, -0.15) is 4.31 Å². The molecule has 1 aromatic rings. The highest BCUT2D eigenvalue weighted by Crippen LogP contribution is 2.69. The first kappa shape index (κ1) is 17.3. The van der Waals surface area contributed by atoms with Gasteiger partial charge in [-0.1, -0.05) is 20.8 Å². The molecule has 2 saturated carbocycles. The van der Waals surface area contributed by atoms with Crippen LogP contribution >= 0.6 is 0 Å². The maximum absolute atomic E-state index is 13.5. The topological polar surface area (TPSA) is 86.3 Å². The van der Waals surface area contributed by atoms with Crippen molar-refractivity contribution in [1.29, 1.82) is 0 Å². The van der Waals surface area contributed by atoms with E-state index in [0.717, 1.165) is 19.3 Å². The smallest absolute Gasteiger partial charge is 0.246 e. The van der Waals surface area contributed by atoms with Gasteiger partial charge in [-0.05, 0) is 48.5 Å². The first-order chi connectivity index (χ1) is 13.1. The zero-order valence-electron chi connectivity index (χ0n) is 16.4. The Hall–Kier alpha value is -1.61. The van der Waals surface area contributed by atoms with E-state index in [0.29, 0.717) is 18.9 Å². The lowest BCUT2D eigenvalue weighted by molar-refractivity contribution is 0.103. The van der Waals surface area contributed by atoms with Gasteiger partial charge in [0.2, 0.25) is 10.0 Å². The molecule has 3 aliphatic heterocycles. The first-order valence-electron chi connectivity index (χ1n) is 10.3. The molecule has 6 rings (SSSR count). The predicted molar refractivity (Wildman–Crippen MR) is 103 cm³/mol. The average Bonchev–Trinajstić information content (AvgIpc) is 3.29. The standard InChI is InChI=1S/C19H26N4O4S/c1-18(2)11-4-7-19(18,3)14(10-11)22-16(24)20-8-5-12-15(23(20)17(22)25)13-6-9-21(12)28(13,26)27/h5,8,11-15H,4,6-7,9-10H2,1-3H3/t11-,12-,13+,14+,15+,19+/m1/s1. The van der Waals surface area contributed by atoms with Gasteiger partial charge in [0, 0.05) is 18.8 Å². The second-order valence-corrected chi connectivity index (χ2v) is 12.2. The van der Waals surface area contributed by atoms with Crippen LogP contribution in [0.3, 0.4) is 0 Å². The molecule has 0 aromatic carbocycles. The number of rotatable bonds is 1. The molecule has 1 aromatic heterocycles. The Morgan fingerprint density at radius 3 is 2.50 bits per heavy atom. The van der Waals surface area contributed by atoms with Crippen LogP contribution in [0, 0.1) is 16.7 Å². The number of aromatic nitrogens is 3. The van der Waals surface area contributed by atoms with Crippen molar-refractivity contribution in [2.45, 2.75) is 69.8 Å². The quantitative estimate of drug-likeness (QED) is 0.697. The molecule has 28 heavy (non-hydrogen) atoms. The maximum atomic E-state index is 13.5. The average molecular weight is 407 g/mol. The first-order valence-corrected chi connectivity index (χ1v) is 11.8. The molecule has 7 atom stereocenters. The number of piperidine rings is 1. The predicted octanol–water partition coefficient (Wildman–Crippen LogP) is 1.01. The van der Waals surface area contributed by atoms with Crippen LogP contribution in [0.4, 0.5) is 0 Å². The van der Waals surface area contributed by atoms with Gasteiger partial charge in [0.25, 0.3) is 0 Å². The Bertz CT molecular complexity index is 1160. The van der Waals surface area contributed by atoms with E-state index in [1.807, 2.05) is 0 Å². The lowest BCUT2D eigenvalue weighted by Gasteiger charge is -2.38. The van der Waals surface area contributed by atoms with Crippen LogP contribution in [0.2, 0.25) is 0 Å². The van der Waals surface area contributed by atoms with Crippen molar-refractivity contribution in [2.24, 2.45) is 16.7 Å². The van der Waals surface area contributed by atoms with Gasteiger partial charge >= 0.3 is 11.4 Å². The van der Waals surface area contributed by atoms with E-state index in [2.05, 4.69) is 20.8 Å². The zero-order chi connectivity index (χ0) is 19.8. The van der Waals surface area contributed by atoms with Crippen LogP contribution in [0.5, 0.6) is 0 Å². The highest BCUT2D eigenvalue weighted by Gasteiger charge is 2.64. The lowest BCUT2D eigenvalue weighted by Crippen LogP contribution is -2.46. The number of fused-ring (bicyclic) bond motifs is 9. The van der Waals surface area contributed by atoms with Crippen LogP contribution in [0.15, 0.2) is 15.7 Å². The normalized spacial score (nSPS) is 46.1. The molecule has 9 heteroatoms. The molecule has 0 spiro atoms. The van der Waals surface area contributed by atoms with Gasteiger partial charge in [-0.15, -0.1) is 0 Å². The summed E-state index contributed by atoms with van der Waals surface area (Å²) in [6, 6.07) is -0.998. The molecule has 4 bridgehead atoms. The molecular weight excluding hydrogens is 380 g/mol. The van der Waals surface area contributed by atoms with Gasteiger partial charge in [0.1, 0.15) is 5.25 Å². The van der Waals surface area contributed by atoms with Crippen LogP contribution in [-0.4, -0.2) is 44.5 Å². The minimum absolute atomic E-state index is 0.0799. The molecule has 2 aliphatic carbocycles. The van der Waals surface area contributed by atoms with Crippen molar-refractivity contribution in [3.05, 3.63) is 27.0 Å². The zero-order valence-corrected chi connectivity index (χ0v) is 17.2. The Balaban J connectivity index is 1.54. The Kier molecular flexibility index (Phi) is 2.93. The van der Waals surface area contributed by atoms with Crippen molar-refractivity contribution < 1.29 is 8.42 Å². The molecule has 1 unspecified atom stereocenters. The SMILES string of the molecule is CC1(C)[C@@H]2CC[C@@]1(C)[C@@H](n1c(=O)n3n(c1=O)[C@H]1[C@@H](C=C3)N3CC[C@@H]1S3(=O)=O)C2. The molecule has 4 heterocycles. The third kappa shape index (κ3) is 1.60. The Morgan fingerprint density at radius 2 is 1.86 bits per heavy atom. The summed E-state index contributed by atoms with van der Waals surface area (Å²) in [6.07, 6.45) is 6.88. The largest absolute Gasteiger partial charge is 0.351 e. The second-order valence-electron chi connectivity index (χ2n) is 10.1. The van der Waals surface area contributed by atoms with E-state index in [-0.39, 0.29) is 34.3 Å². The number of nitrogens with zero attached hydrogens (tertiary/aromatic N) is 4. The summed E-state index contributed by atoms with van der Waals surface area (Å²) < 4.78 is 31.2. The summed E-state index contributed by atoms with van der Waals surface area (Å²) in [4.78, 5) is 26.8. The fourth-order valence-corrected chi connectivity index (χ4v) is 9.43. The lowest BCUT2D eigenvalue weighted by atomic mass is 9.69. The minimum atomic E-state index is -3.40. The summed E-state index contributed by atoms with van der Waals surface area (Å²) in [7, 11) is -3.40. The third-order valence-electron chi connectivity index (χ3n) is 9.21. The third-order valence-corrected chi connectivity index (χ3v) is 11.6. The number of hydrogen-bond donors (Lipinski definition) is 0. The molecule has 8 nitrogen and oxygen atoms in total. The van der Waals surface area contributed by atoms with Gasteiger partial charge < -0.3 is 0 Å². The molecule has 4 fully saturated rings. The summed E-state index contributed by atoms with van der Waals surface area (Å²) in [5.74, 6) is 0.507. The summed E-state index contributed by atoms with van der Waals surface area (Å²) in [5.41, 5.74) is -0.699. The maximum Gasteiger partial charge on any atom is 0.351 e. The van der Waals surface area contributed by atoms with Gasteiger partial charge in [0.05, 0.1) is 12.1 Å². The fraction of sp³-hybridized carbons (Fsp3) is 0.789. The van der Waals surface area contributed by atoms with Crippen molar-refractivity contribution in [1.82, 2.24) is 18.2 Å². The summed E-state index contributed by atoms with van der Waals surface area (Å²) >= 11 is 0. The van der Waals surface area contributed by atoms with Crippen LogP contribution < -0.4 is 11.4 Å². The number of sulfonamides is 1. The summed E-state index contributed by atoms with van der Waals surface area (Å²) in [5, 5.41) is -0.617. The minimum Gasteiger partial charge on any atom is -0.246 e. The highest BCUT2D eigenvalue weighted by atomic mass is 32.2. The van der Waals surface area contributed by atoms with Gasteiger partial charge in [-0.25, -0.2) is 31.9 Å². The van der Waals surface area contributed by atoms with E-state index in [1.54, 1.807) is 12.3 Å². The van der Waals surface area contributed by atoms with Gasteiger partial charge in [-0.3, -0.25) is 0 Å². The van der Waals surface area contributed by atoms with Crippen molar-refractivity contribution in [3.63, 3.8) is 0 Å². The molecular formula is C19H26N4O4S. The highest BCUT2D eigenvalue weighted by molar-refractivity contribution is 7.90. The monoisotopic (exact) mass is 406 g/mol. The van der Waals surface area contributed by atoms with E-state index < -0.39 is 21.3 Å². The number of hydrogen-bond acceptors (Lipinski definition) is 4. The van der Waals surface area contributed by atoms with E-state index >= 15 is 0 Å². The molecule has 0 N–H and O–H groups in total. The Morgan fingerprint density at radius 1 is 1.11 bits per heavy atom. The van der Waals surface area contributed by atoms with E-state index in [9.17, 15) is 18.0 Å². The second kappa shape index (κ2) is 4.75. The van der Waals surface area contributed by atoms with E-state index in [1.165, 1.54) is 18.2 Å². The van der Waals surface area contributed by atoms with Crippen molar-refractivity contribution >= 4 is 16.2 Å². The molecule has 5 aliphatic rings. The molecule has 152 valence electrons. The molecule has 0 amide bonds. The van der Waals surface area contributed by atoms with Crippen molar-refractivity contribution in [3.8, 4) is 0 Å². The fourth-order valence-electron chi connectivity index (χ4n) is 7.15. The summed E-state index contributed by atoms with van der Waals surface area (Å²) in [6.45, 7) is 7.23. The van der Waals surface area contributed by atoms with Crippen LogP contribution in [0.1, 0.15) is 58.5 Å². The van der Waals surface area contributed by atoms with Crippen LogP contribution in [-0.2, 0) is 10.0 Å². The van der Waals surface area contributed by atoms with E-state index in [4.69, 9.17) is 0 Å². The van der Waals surface area contributed by atoms with Crippen LogP contribution in [0.25, 0.3) is 6.20 Å². The molecule has 2 saturated heterocycles. The van der Waals surface area contributed by atoms with Crippen molar-refractivity contribution in [2.75, 3.05) is 6.54 Å². The van der Waals surface area contributed by atoms with Gasteiger partial charge in [0.15, 0.2) is 0 Å². The Labute approximate surface area is 163 Å². The molecule has 0 radical (unpaired) electrons.